The molecule has 0 amide bonds. The summed E-state index contributed by atoms with van der Waals surface area (Å²) in [5.74, 6) is 3.75. The fraction of sp³-hybridized carbons (Fsp3) is 1.00. The van der Waals surface area contributed by atoms with Gasteiger partial charge in [0.2, 0.25) is 0 Å². The molecule has 0 saturated carbocycles. The molecule has 1 aliphatic rings. The van der Waals surface area contributed by atoms with Crippen molar-refractivity contribution in [1.29, 1.82) is 0 Å². The number of ether oxygens (including phenoxy) is 2. The van der Waals surface area contributed by atoms with Crippen molar-refractivity contribution >= 4 is 23.5 Å². The molecule has 0 aromatic carbocycles. The number of hydrogen-bond acceptors (Lipinski definition) is 6. The Bertz CT molecular complexity index is 192. The SMILES string of the molecule is CCOCCOCC(O)CNCC1CSCCS1. The topological polar surface area (TPSA) is 50.7 Å². The highest BCUT2D eigenvalue weighted by molar-refractivity contribution is 8.06. The van der Waals surface area contributed by atoms with Gasteiger partial charge in [0.15, 0.2) is 0 Å². The van der Waals surface area contributed by atoms with Gasteiger partial charge in [-0.1, -0.05) is 0 Å². The minimum Gasteiger partial charge on any atom is -0.389 e. The molecule has 0 aliphatic carbocycles. The average molecular weight is 295 g/mol. The van der Waals surface area contributed by atoms with Crippen LogP contribution in [0.1, 0.15) is 6.92 Å². The van der Waals surface area contributed by atoms with Gasteiger partial charge in [-0.15, -0.1) is 0 Å². The second-order valence-electron chi connectivity index (χ2n) is 4.15. The molecule has 1 heterocycles. The predicted molar refractivity (Wildman–Crippen MR) is 79.8 cm³/mol. The van der Waals surface area contributed by atoms with Crippen molar-refractivity contribution in [2.24, 2.45) is 0 Å². The number of aliphatic hydroxyl groups excluding tert-OH is 1. The summed E-state index contributed by atoms with van der Waals surface area (Å²) in [6, 6.07) is 0. The van der Waals surface area contributed by atoms with E-state index in [4.69, 9.17) is 9.47 Å². The Labute approximate surface area is 119 Å². The van der Waals surface area contributed by atoms with Crippen LogP contribution in [0, 0.1) is 0 Å². The summed E-state index contributed by atoms with van der Waals surface area (Å²) in [4.78, 5) is 0. The van der Waals surface area contributed by atoms with E-state index in [-0.39, 0.29) is 0 Å². The molecule has 0 aromatic heterocycles. The van der Waals surface area contributed by atoms with Crippen LogP contribution in [0.15, 0.2) is 0 Å². The van der Waals surface area contributed by atoms with Gasteiger partial charge < -0.3 is 19.9 Å². The van der Waals surface area contributed by atoms with Gasteiger partial charge in [-0.2, -0.15) is 23.5 Å². The molecule has 0 spiro atoms. The van der Waals surface area contributed by atoms with Gasteiger partial charge >= 0.3 is 0 Å². The molecule has 108 valence electrons. The maximum atomic E-state index is 9.69. The second-order valence-corrected chi connectivity index (χ2v) is 6.71. The summed E-state index contributed by atoms with van der Waals surface area (Å²) in [6.45, 7) is 5.80. The minimum absolute atomic E-state index is 0.382. The van der Waals surface area contributed by atoms with E-state index in [2.05, 4.69) is 5.32 Å². The molecule has 6 heteroatoms. The summed E-state index contributed by atoms with van der Waals surface area (Å²) in [5, 5.41) is 13.7. The van der Waals surface area contributed by atoms with E-state index < -0.39 is 6.10 Å². The largest absolute Gasteiger partial charge is 0.389 e. The molecule has 4 nitrogen and oxygen atoms in total. The fourth-order valence-corrected chi connectivity index (χ4v) is 4.25. The summed E-state index contributed by atoms with van der Waals surface area (Å²) >= 11 is 4.05. The number of thioether (sulfide) groups is 2. The van der Waals surface area contributed by atoms with Crippen LogP contribution in [0.2, 0.25) is 0 Å². The average Bonchev–Trinajstić information content (AvgIpc) is 2.40. The normalized spacial score (nSPS) is 22.0. The molecule has 1 fully saturated rings. The van der Waals surface area contributed by atoms with Crippen LogP contribution < -0.4 is 5.32 Å². The third kappa shape index (κ3) is 8.61. The van der Waals surface area contributed by atoms with Crippen LogP contribution in [0.5, 0.6) is 0 Å². The molecule has 2 atom stereocenters. The lowest BCUT2D eigenvalue weighted by Gasteiger charge is -2.22. The number of aliphatic hydroxyl groups is 1. The Balaban J connectivity index is 1.88. The Kier molecular flexibility index (Phi) is 10.5. The lowest BCUT2D eigenvalue weighted by molar-refractivity contribution is 0.00661. The van der Waals surface area contributed by atoms with Gasteiger partial charge in [-0.05, 0) is 6.92 Å². The first-order valence-electron chi connectivity index (χ1n) is 6.56. The van der Waals surface area contributed by atoms with Gasteiger partial charge in [0, 0.05) is 42.2 Å². The standard InChI is InChI=1S/C12H25NO3S2/c1-2-15-3-4-16-9-11(14)7-13-8-12-10-17-5-6-18-12/h11-14H,2-10H2,1H3. The van der Waals surface area contributed by atoms with E-state index in [1.165, 1.54) is 17.3 Å². The zero-order valence-corrected chi connectivity index (χ0v) is 12.7. The lowest BCUT2D eigenvalue weighted by Crippen LogP contribution is -2.36. The van der Waals surface area contributed by atoms with E-state index in [0.717, 1.165) is 6.54 Å². The minimum atomic E-state index is -0.423. The lowest BCUT2D eigenvalue weighted by atomic mass is 10.3. The third-order valence-corrected chi connectivity index (χ3v) is 5.37. The van der Waals surface area contributed by atoms with Crippen molar-refractivity contribution in [2.75, 3.05) is 56.8 Å². The number of rotatable bonds is 10. The molecule has 1 saturated heterocycles. The van der Waals surface area contributed by atoms with E-state index >= 15 is 0 Å². The third-order valence-electron chi connectivity index (χ3n) is 2.52. The van der Waals surface area contributed by atoms with Crippen molar-refractivity contribution < 1.29 is 14.6 Å². The predicted octanol–water partition coefficient (Wildman–Crippen LogP) is 0.839. The quantitative estimate of drug-likeness (QED) is 0.583. The van der Waals surface area contributed by atoms with Crippen LogP contribution in [0.4, 0.5) is 0 Å². The van der Waals surface area contributed by atoms with Gasteiger partial charge in [0.1, 0.15) is 0 Å². The van der Waals surface area contributed by atoms with Gasteiger partial charge in [0.25, 0.3) is 0 Å². The maximum Gasteiger partial charge on any atom is 0.0897 e. The Morgan fingerprint density at radius 2 is 2.17 bits per heavy atom. The molecule has 0 bridgehead atoms. The van der Waals surface area contributed by atoms with E-state index in [0.29, 0.717) is 38.2 Å². The highest BCUT2D eigenvalue weighted by Crippen LogP contribution is 2.23. The highest BCUT2D eigenvalue weighted by atomic mass is 32.2. The van der Waals surface area contributed by atoms with Gasteiger partial charge in [0.05, 0.1) is 25.9 Å². The summed E-state index contributed by atoms with van der Waals surface area (Å²) in [7, 11) is 0. The van der Waals surface area contributed by atoms with Crippen molar-refractivity contribution in [3.05, 3.63) is 0 Å². The number of hydrogen-bond donors (Lipinski definition) is 2. The van der Waals surface area contributed by atoms with E-state index in [1.807, 2.05) is 30.4 Å². The molecule has 0 aromatic rings. The monoisotopic (exact) mass is 295 g/mol. The van der Waals surface area contributed by atoms with Crippen LogP contribution in [0.25, 0.3) is 0 Å². The molecule has 0 radical (unpaired) electrons. The zero-order valence-electron chi connectivity index (χ0n) is 11.1. The van der Waals surface area contributed by atoms with Crippen LogP contribution in [-0.2, 0) is 9.47 Å². The smallest absolute Gasteiger partial charge is 0.0897 e. The summed E-state index contributed by atoms with van der Waals surface area (Å²) in [6.07, 6.45) is -0.423. The van der Waals surface area contributed by atoms with Gasteiger partial charge in [-0.25, -0.2) is 0 Å². The molecular formula is C12H25NO3S2. The molecule has 18 heavy (non-hydrogen) atoms. The van der Waals surface area contributed by atoms with Gasteiger partial charge in [-0.3, -0.25) is 0 Å². The first-order valence-corrected chi connectivity index (χ1v) is 8.77. The van der Waals surface area contributed by atoms with Crippen LogP contribution in [0.3, 0.4) is 0 Å². The summed E-state index contributed by atoms with van der Waals surface area (Å²) in [5.41, 5.74) is 0. The molecular weight excluding hydrogens is 270 g/mol. The van der Waals surface area contributed by atoms with E-state index in [9.17, 15) is 5.11 Å². The van der Waals surface area contributed by atoms with Crippen molar-refractivity contribution in [2.45, 2.75) is 18.3 Å². The van der Waals surface area contributed by atoms with Crippen LogP contribution >= 0.6 is 23.5 Å². The molecule has 1 aliphatic heterocycles. The van der Waals surface area contributed by atoms with Crippen molar-refractivity contribution in [1.82, 2.24) is 5.32 Å². The zero-order chi connectivity index (χ0) is 13.1. The second kappa shape index (κ2) is 11.4. The molecule has 2 N–H and O–H groups in total. The highest BCUT2D eigenvalue weighted by Gasteiger charge is 2.14. The maximum absolute atomic E-state index is 9.69. The Hall–Kier alpha value is 0.540. The molecule has 2 unspecified atom stereocenters. The summed E-state index contributed by atoms with van der Waals surface area (Å²) < 4.78 is 10.5. The van der Waals surface area contributed by atoms with Crippen molar-refractivity contribution in [3.63, 3.8) is 0 Å². The van der Waals surface area contributed by atoms with Crippen LogP contribution in [-0.4, -0.2) is 73.2 Å². The fourth-order valence-electron chi connectivity index (χ4n) is 1.61. The van der Waals surface area contributed by atoms with Crippen molar-refractivity contribution in [3.8, 4) is 0 Å². The first kappa shape index (κ1) is 16.6. The number of nitrogens with one attached hydrogen (secondary N) is 1. The Morgan fingerprint density at radius 3 is 2.89 bits per heavy atom. The Morgan fingerprint density at radius 1 is 1.33 bits per heavy atom. The van der Waals surface area contributed by atoms with E-state index in [1.54, 1.807) is 0 Å². The first-order chi connectivity index (χ1) is 8.83. The molecule has 1 rings (SSSR count).